The number of benzene rings is 1. The van der Waals surface area contributed by atoms with E-state index < -0.39 is 0 Å². The smallest absolute Gasteiger partial charge is 0.258 e. The SMILES string of the molecule is Cl.N#Cc1c(NC(=O)c2cc(Cl)sc2Cl)sc2c1CCN(Cc1ccccc1)C2. The van der Waals surface area contributed by atoms with Crippen molar-refractivity contribution < 1.29 is 4.79 Å². The van der Waals surface area contributed by atoms with Gasteiger partial charge >= 0.3 is 0 Å². The topological polar surface area (TPSA) is 56.1 Å². The third kappa shape index (κ3) is 4.77. The minimum atomic E-state index is -0.343. The van der Waals surface area contributed by atoms with Crippen molar-refractivity contribution in [2.75, 3.05) is 11.9 Å². The molecule has 3 aromatic rings. The molecule has 1 aliphatic heterocycles. The van der Waals surface area contributed by atoms with Gasteiger partial charge in [-0.15, -0.1) is 35.1 Å². The minimum Gasteiger partial charge on any atom is -0.312 e. The van der Waals surface area contributed by atoms with Crippen LogP contribution < -0.4 is 5.32 Å². The van der Waals surface area contributed by atoms with E-state index in [1.807, 2.05) is 18.2 Å². The van der Waals surface area contributed by atoms with Crippen molar-refractivity contribution in [1.29, 1.82) is 5.26 Å². The number of nitrogens with one attached hydrogen (secondary N) is 1. The van der Waals surface area contributed by atoms with Crippen molar-refractivity contribution >= 4 is 69.2 Å². The van der Waals surface area contributed by atoms with Gasteiger partial charge in [-0.05, 0) is 23.6 Å². The fourth-order valence-corrected chi connectivity index (χ4v) is 6.00. The van der Waals surface area contributed by atoms with Gasteiger partial charge in [-0.3, -0.25) is 9.69 Å². The lowest BCUT2D eigenvalue weighted by atomic mass is 10.0. The maximum Gasteiger partial charge on any atom is 0.258 e. The zero-order valence-corrected chi connectivity index (χ0v) is 19.0. The molecule has 3 heterocycles. The molecule has 2 aromatic heterocycles. The van der Waals surface area contributed by atoms with Crippen LogP contribution in [0.2, 0.25) is 8.67 Å². The Hall–Kier alpha value is -1.59. The molecule has 0 radical (unpaired) electrons. The normalized spacial score (nSPS) is 13.3. The quantitative estimate of drug-likeness (QED) is 0.478. The van der Waals surface area contributed by atoms with E-state index in [2.05, 4.69) is 28.4 Å². The number of carbonyl (C=O) groups is 1. The van der Waals surface area contributed by atoms with Crippen molar-refractivity contribution in [1.82, 2.24) is 4.90 Å². The third-order valence-electron chi connectivity index (χ3n) is 4.63. The zero-order chi connectivity index (χ0) is 19.7. The number of thiophene rings is 2. The van der Waals surface area contributed by atoms with Crippen LogP contribution in [-0.4, -0.2) is 17.4 Å². The summed E-state index contributed by atoms with van der Waals surface area (Å²) in [6.45, 7) is 2.52. The van der Waals surface area contributed by atoms with Crippen LogP contribution in [-0.2, 0) is 19.5 Å². The van der Waals surface area contributed by atoms with Gasteiger partial charge in [0, 0.05) is 24.5 Å². The van der Waals surface area contributed by atoms with Gasteiger partial charge in [0.05, 0.1) is 15.5 Å². The van der Waals surface area contributed by atoms with Crippen LogP contribution in [0.25, 0.3) is 0 Å². The van der Waals surface area contributed by atoms with Crippen molar-refractivity contribution in [3.05, 3.63) is 72.2 Å². The Morgan fingerprint density at radius 2 is 2.00 bits per heavy atom. The number of carbonyl (C=O) groups excluding carboxylic acids is 1. The summed E-state index contributed by atoms with van der Waals surface area (Å²) in [4.78, 5) is 16.1. The van der Waals surface area contributed by atoms with Crippen LogP contribution in [0.3, 0.4) is 0 Å². The Kier molecular flexibility index (Phi) is 7.23. The average molecular weight is 485 g/mol. The fraction of sp³-hybridized carbons (Fsp3) is 0.200. The standard InChI is InChI=1S/C20H15Cl2N3OS2.ClH/c21-17-8-14(18(22)28-17)19(26)24-20-15(9-23)13-6-7-25(11-16(13)27-20)10-12-4-2-1-3-5-12;/h1-5,8H,6-7,10-11H2,(H,24,26);1H. The molecule has 0 aliphatic carbocycles. The Balaban J connectivity index is 0.00000240. The summed E-state index contributed by atoms with van der Waals surface area (Å²) in [5.41, 5.74) is 3.20. The summed E-state index contributed by atoms with van der Waals surface area (Å²) in [5.74, 6) is -0.343. The molecule has 0 unspecified atom stereocenters. The lowest BCUT2D eigenvalue weighted by molar-refractivity contribution is 0.102. The highest BCUT2D eigenvalue weighted by atomic mass is 35.5. The maximum absolute atomic E-state index is 12.6. The molecule has 29 heavy (non-hydrogen) atoms. The number of halogens is 3. The van der Waals surface area contributed by atoms with E-state index in [1.165, 1.54) is 16.9 Å². The van der Waals surface area contributed by atoms with Crippen LogP contribution in [0.15, 0.2) is 36.4 Å². The molecule has 1 N–H and O–H groups in total. The second-order valence-corrected chi connectivity index (χ2v) is 9.85. The van der Waals surface area contributed by atoms with Gasteiger partial charge in [0.15, 0.2) is 0 Å². The van der Waals surface area contributed by atoms with Crippen molar-refractivity contribution in [3.63, 3.8) is 0 Å². The van der Waals surface area contributed by atoms with E-state index in [0.717, 1.165) is 47.8 Å². The number of fused-ring (bicyclic) bond motifs is 1. The first kappa shape index (κ1) is 22.1. The number of amides is 1. The summed E-state index contributed by atoms with van der Waals surface area (Å²) < 4.78 is 0.800. The molecule has 0 spiro atoms. The van der Waals surface area contributed by atoms with Crippen LogP contribution >= 0.6 is 58.3 Å². The molecule has 9 heteroatoms. The van der Waals surface area contributed by atoms with Crippen molar-refractivity contribution in [2.24, 2.45) is 0 Å². The van der Waals surface area contributed by atoms with E-state index in [4.69, 9.17) is 23.2 Å². The van der Waals surface area contributed by atoms with Gasteiger partial charge in [0.2, 0.25) is 0 Å². The Bertz CT molecular complexity index is 1070. The molecular formula is C20H16Cl3N3OS2. The summed E-state index contributed by atoms with van der Waals surface area (Å²) in [7, 11) is 0. The van der Waals surface area contributed by atoms with Gasteiger partial charge in [-0.25, -0.2) is 0 Å². The summed E-state index contributed by atoms with van der Waals surface area (Å²) in [6.07, 6.45) is 0.794. The lowest BCUT2D eigenvalue weighted by Gasteiger charge is -2.26. The molecule has 4 nitrogen and oxygen atoms in total. The highest BCUT2D eigenvalue weighted by molar-refractivity contribution is 7.20. The first-order valence-electron chi connectivity index (χ1n) is 8.62. The zero-order valence-electron chi connectivity index (χ0n) is 15.1. The van der Waals surface area contributed by atoms with Gasteiger partial charge in [-0.1, -0.05) is 53.5 Å². The van der Waals surface area contributed by atoms with Gasteiger partial charge in [0.25, 0.3) is 5.91 Å². The monoisotopic (exact) mass is 483 g/mol. The van der Waals surface area contributed by atoms with Crippen LogP contribution in [0.5, 0.6) is 0 Å². The largest absolute Gasteiger partial charge is 0.312 e. The van der Waals surface area contributed by atoms with E-state index in [9.17, 15) is 10.1 Å². The molecule has 1 aromatic carbocycles. The number of anilines is 1. The van der Waals surface area contributed by atoms with E-state index in [1.54, 1.807) is 6.07 Å². The molecule has 1 aliphatic rings. The predicted octanol–water partition coefficient (Wildman–Crippen LogP) is 6.22. The molecule has 0 saturated heterocycles. The Morgan fingerprint density at radius 1 is 1.24 bits per heavy atom. The van der Waals surface area contributed by atoms with Gasteiger partial charge in [0.1, 0.15) is 15.4 Å². The molecular weight excluding hydrogens is 469 g/mol. The van der Waals surface area contributed by atoms with E-state index >= 15 is 0 Å². The summed E-state index contributed by atoms with van der Waals surface area (Å²) >= 11 is 14.6. The Labute approximate surface area is 193 Å². The highest BCUT2D eigenvalue weighted by Crippen LogP contribution is 2.38. The highest BCUT2D eigenvalue weighted by Gasteiger charge is 2.26. The van der Waals surface area contributed by atoms with E-state index in [0.29, 0.717) is 24.8 Å². The number of rotatable bonds is 4. The van der Waals surface area contributed by atoms with Crippen LogP contribution in [0, 0.1) is 11.3 Å². The van der Waals surface area contributed by atoms with Crippen LogP contribution in [0.1, 0.15) is 31.9 Å². The maximum atomic E-state index is 12.6. The van der Waals surface area contributed by atoms with Crippen molar-refractivity contribution in [2.45, 2.75) is 19.5 Å². The molecule has 4 rings (SSSR count). The first-order chi connectivity index (χ1) is 13.5. The number of nitrogens with zero attached hydrogens (tertiary/aromatic N) is 2. The predicted molar refractivity (Wildman–Crippen MR) is 123 cm³/mol. The second kappa shape index (κ2) is 9.48. The molecule has 0 bridgehead atoms. The van der Waals surface area contributed by atoms with Crippen LogP contribution in [0.4, 0.5) is 5.00 Å². The number of hydrogen-bond donors (Lipinski definition) is 1. The third-order valence-corrected chi connectivity index (χ3v) is 7.24. The molecule has 0 fully saturated rings. The molecule has 1 amide bonds. The lowest BCUT2D eigenvalue weighted by Crippen LogP contribution is -2.29. The summed E-state index contributed by atoms with van der Waals surface area (Å²) in [6, 6.07) is 14.1. The number of hydrogen-bond acceptors (Lipinski definition) is 5. The average Bonchev–Trinajstić information content (AvgIpc) is 3.20. The first-order valence-corrected chi connectivity index (χ1v) is 11.0. The Morgan fingerprint density at radius 3 is 2.66 bits per heavy atom. The molecule has 0 saturated carbocycles. The fourth-order valence-electron chi connectivity index (χ4n) is 3.30. The minimum absolute atomic E-state index is 0. The van der Waals surface area contributed by atoms with Gasteiger partial charge in [-0.2, -0.15) is 5.26 Å². The van der Waals surface area contributed by atoms with Gasteiger partial charge < -0.3 is 5.32 Å². The van der Waals surface area contributed by atoms with Crippen molar-refractivity contribution in [3.8, 4) is 6.07 Å². The second-order valence-electron chi connectivity index (χ2n) is 6.46. The summed E-state index contributed by atoms with van der Waals surface area (Å²) in [5, 5.41) is 13.1. The van der Waals surface area contributed by atoms with E-state index in [-0.39, 0.29) is 18.3 Å². The molecule has 0 atom stereocenters. The number of nitriles is 1. The molecule has 150 valence electrons.